The summed E-state index contributed by atoms with van der Waals surface area (Å²) in [6.07, 6.45) is 2.61. The van der Waals surface area contributed by atoms with Gasteiger partial charge in [-0.2, -0.15) is 0 Å². The summed E-state index contributed by atoms with van der Waals surface area (Å²) in [4.78, 5) is 12.2. The van der Waals surface area contributed by atoms with Crippen LogP contribution in [-0.2, 0) is 0 Å². The summed E-state index contributed by atoms with van der Waals surface area (Å²) in [5.41, 5.74) is 5.77. The summed E-state index contributed by atoms with van der Waals surface area (Å²) in [6.45, 7) is 0.670. The standard InChI is InChI=1S/C22H19NO2/c24-22(20-10-5-11-25-20)23-13-14-12-19-15-6-1-3-8-17(15)21(14)18-9-4-2-7-16(18)19/h1-11,14,19,21H,12-13H2,(H,23,24). The molecule has 1 N–H and O–H groups in total. The van der Waals surface area contributed by atoms with Crippen molar-refractivity contribution in [2.24, 2.45) is 5.92 Å². The van der Waals surface area contributed by atoms with Crippen LogP contribution >= 0.6 is 0 Å². The third kappa shape index (κ3) is 2.23. The Labute approximate surface area is 146 Å². The van der Waals surface area contributed by atoms with Crippen molar-refractivity contribution >= 4 is 5.91 Å². The highest BCUT2D eigenvalue weighted by Crippen LogP contribution is 2.55. The minimum absolute atomic E-state index is 0.131. The van der Waals surface area contributed by atoms with E-state index in [-0.39, 0.29) is 5.91 Å². The number of hydrogen-bond acceptors (Lipinski definition) is 2. The van der Waals surface area contributed by atoms with Crippen molar-refractivity contribution in [2.45, 2.75) is 18.3 Å². The maximum atomic E-state index is 12.2. The van der Waals surface area contributed by atoms with E-state index in [9.17, 15) is 4.79 Å². The van der Waals surface area contributed by atoms with E-state index in [0.717, 1.165) is 6.42 Å². The van der Waals surface area contributed by atoms with Crippen molar-refractivity contribution < 1.29 is 9.21 Å². The van der Waals surface area contributed by atoms with E-state index in [1.54, 1.807) is 12.1 Å². The largest absolute Gasteiger partial charge is 0.459 e. The van der Waals surface area contributed by atoms with Crippen molar-refractivity contribution in [3.05, 3.63) is 94.9 Å². The molecule has 6 rings (SSSR count). The zero-order valence-corrected chi connectivity index (χ0v) is 13.8. The molecule has 1 aromatic heterocycles. The molecule has 0 spiro atoms. The van der Waals surface area contributed by atoms with Gasteiger partial charge in [0, 0.05) is 18.4 Å². The van der Waals surface area contributed by atoms with Crippen LogP contribution in [0, 0.1) is 5.92 Å². The maximum absolute atomic E-state index is 12.2. The molecule has 1 atom stereocenters. The molecule has 25 heavy (non-hydrogen) atoms. The Hall–Kier alpha value is -2.81. The molecule has 3 heteroatoms. The lowest BCUT2D eigenvalue weighted by atomic mass is 9.59. The van der Waals surface area contributed by atoms with Gasteiger partial charge in [-0.05, 0) is 46.7 Å². The van der Waals surface area contributed by atoms with Gasteiger partial charge in [0.1, 0.15) is 0 Å². The lowest BCUT2D eigenvalue weighted by molar-refractivity contribution is 0.0915. The molecular formula is C22H19NO2. The van der Waals surface area contributed by atoms with Gasteiger partial charge in [-0.15, -0.1) is 0 Å². The van der Waals surface area contributed by atoms with Gasteiger partial charge in [0.15, 0.2) is 5.76 Å². The van der Waals surface area contributed by atoms with E-state index >= 15 is 0 Å². The number of carbonyl (C=O) groups is 1. The Morgan fingerprint density at radius 2 is 1.56 bits per heavy atom. The number of furan rings is 1. The van der Waals surface area contributed by atoms with Crippen LogP contribution in [0.15, 0.2) is 71.3 Å². The second-order valence-electron chi connectivity index (χ2n) is 6.97. The minimum Gasteiger partial charge on any atom is -0.459 e. The first kappa shape index (κ1) is 14.5. The van der Waals surface area contributed by atoms with Crippen LogP contribution in [0.3, 0.4) is 0 Å². The molecule has 0 saturated heterocycles. The van der Waals surface area contributed by atoms with E-state index in [2.05, 4.69) is 53.8 Å². The Kier molecular flexibility index (Phi) is 3.27. The molecule has 1 heterocycles. The fourth-order valence-electron chi connectivity index (χ4n) is 4.68. The smallest absolute Gasteiger partial charge is 0.286 e. The normalized spacial score (nSPS) is 23.0. The second kappa shape index (κ2) is 5.62. The van der Waals surface area contributed by atoms with Crippen molar-refractivity contribution in [1.82, 2.24) is 5.32 Å². The predicted molar refractivity (Wildman–Crippen MR) is 95.7 cm³/mol. The van der Waals surface area contributed by atoms with Crippen molar-refractivity contribution in [2.75, 3.05) is 6.54 Å². The Morgan fingerprint density at radius 1 is 0.920 bits per heavy atom. The molecule has 3 aliphatic rings. The van der Waals surface area contributed by atoms with Crippen LogP contribution in [0.4, 0.5) is 0 Å². The van der Waals surface area contributed by atoms with Crippen LogP contribution in [-0.4, -0.2) is 12.5 Å². The van der Waals surface area contributed by atoms with Gasteiger partial charge < -0.3 is 9.73 Å². The fraction of sp³-hybridized carbons (Fsp3) is 0.227. The Balaban J connectivity index is 1.47. The Bertz CT molecular complexity index is 881. The first-order valence-corrected chi connectivity index (χ1v) is 8.82. The van der Waals surface area contributed by atoms with Gasteiger partial charge in [0.25, 0.3) is 5.91 Å². The number of hydrogen-bond donors (Lipinski definition) is 1. The second-order valence-corrected chi connectivity index (χ2v) is 6.97. The molecule has 1 unspecified atom stereocenters. The number of nitrogens with one attached hydrogen (secondary N) is 1. The lowest BCUT2D eigenvalue weighted by Crippen LogP contribution is -2.39. The summed E-state index contributed by atoms with van der Waals surface area (Å²) in [7, 11) is 0. The van der Waals surface area contributed by atoms with Gasteiger partial charge in [0.2, 0.25) is 0 Å². The monoisotopic (exact) mass is 329 g/mol. The SMILES string of the molecule is O=C(NCC1CC2c3ccccc3C1c1ccccc12)c1ccco1. The predicted octanol–water partition coefficient (Wildman–Crippen LogP) is 4.31. The number of fused-ring (bicyclic) bond motifs is 1. The van der Waals surface area contributed by atoms with Gasteiger partial charge >= 0.3 is 0 Å². The Morgan fingerprint density at radius 3 is 2.16 bits per heavy atom. The molecular weight excluding hydrogens is 310 g/mol. The van der Waals surface area contributed by atoms with Crippen LogP contribution in [0.1, 0.15) is 51.1 Å². The van der Waals surface area contributed by atoms with Crippen LogP contribution in [0.5, 0.6) is 0 Å². The van der Waals surface area contributed by atoms with Crippen LogP contribution in [0.2, 0.25) is 0 Å². The van der Waals surface area contributed by atoms with E-state index in [1.165, 1.54) is 28.5 Å². The highest BCUT2D eigenvalue weighted by molar-refractivity contribution is 5.91. The quantitative estimate of drug-likeness (QED) is 0.778. The van der Waals surface area contributed by atoms with Crippen molar-refractivity contribution in [1.29, 1.82) is 0 Å². The molecule has 3 aliphatic carbocycles. The number of benzene rings is 2. The average Bonchev–Trinajstić information content (AvgIpc) is 3.21. The molecule has 2 bridgehead atoms. The summed E-state index contributed by atoms with van der Waals surface area (Å²) in [5.74, 6) is 1.45. The van der Waals surface area contributed by atoms with E-state index in [1.807, 2.05) is 0 Å². The molecule has 0 saturated carbocycles. The molecule has 3 aromatic rings. The van der Waals surface area contributed by atoms with E-state index in [4.69, 9.17) is 4.42 Å². The highest BCUT2D eigenvalue weighted by Gasteiger charge is 2.42. The van der Waals surface area contributed by atoms with E-state index < -0.39 is 0 Å². The number of rotatable bonds is 3. The van der Waals surface area contributed by atoms with Crippen LogP contribution < -0.4 is 5.32 Å². The summed E-state index contributed by atoms with van der Waals surface area (Å²) < 4.78 is 5.20. The molecule has 2 aromatic carbocycles. The molecule has 0 fully saturated rings. The van der Waals surface area contributed by atoms with Gasteiger partial charge in [-0.3, -0.25) is 4.79 Å². The zero-order chi connectivity index (χ0) is 16.8. The average molecular weight is 329 g/mol. The fourth-order valence-corrected chi connectivity index (χ4v) is 4.68. The zero-order valence-electron chi connectivity index (χ0n) is 13.8. The van der Waals surface area contributed by atoms with Gasteiger partial charge in [-0.1, -0.05) is 48.5 Å². The third-order valence-corrected chi connectivity index (χ3v) is 5.69. The summed E-state index contributed by atoms with van der Waals surface area (Å²) >= 11 is 0. The van der Waals surface area contributed by atoms with Crippen molar-refractivity contribution in [3.63, 3.8) is 0 Å². The first-order valence-electron chi connectivity index (χ1n) is 8.82. The third-order valence-electron chi connectivity index (χ3n) is 5.69. The van der Waals surface area contributed by atoms with E-state index in [0.29, 0.717) is 30.1 Å². The van der Waals surface area contributed by atoms with Crippen LogP contribution in [0.25, 0.3) is 0 Å². The van der Waals surface area contributed by atoms with Crippen molar-refractivity contribution in [3.8, 4) is 0 Å². The maximum Gasteiger partial charge on any atom is 0.286 e. The highest BCUT2D eigenvalue weighted by atomic mass is 16.3. The molecule has 1 amide bonds. The molecule has 0 aliphatic heterocycles. The number of carbonyl (C=O) groups excluding carboxylic acids is 1. The molecule has 124 valence electrons. The lowest BCUT2D eigenvalue weighted by Gasteiger charge is -2.45. The van der Waals surface area contributed by atoms with Gasteiger partial charge in [-0.25, -0.2) is 0 Å². The topological polar surface area (TPSA) is 42.2 Å². The number of amides is 1. The summed E-state index contributed by atoms with van der Waals surface area (Å²) in [5, 5.41) is 3.07. The summed E-state index contributed by atoms with van der Waals surface area (Å²) in [6, 6.07) is 21.0. The molecule has 0 radical (unpaired) electrons. The minimum atomic E-state index is -0.131. The first-order chi connectivity index (χ1) is 12.3. The molecule has 3 nitrogen and oxygen atoms in total. The van der Waals surface area contributed by atoms with Gasteiger partial charge in [0.05, 0.1) is 6.26 Å².